The lowest BCUT2D eigenvalue weighted by atomic mass is 10.1. The molecule has 1 atom stereocenters. The summed E-state index contributed by atoms with van der Waals surface area (Å²) < 4.78 is 25.0. The van der Waals surface area contributed by atoms with Gasteiger partial charge in [-0.25, -0.2) is 13.6 Å². The molecule has 7 heteroatoms. The minimum absolute atomic E-state index is 0.0530. The van der Waals surface area contributed by atoms with Gasteiger partial charge in [0, 0.05) is 5.02 Å². The molecule has 0 saturated carbocycles. The highest BCUT2D eigenvalue weighted by Crippen LogP contribution is 2.17. The molecule has 0 aromatic heterocycles. The summed E-state index contributed by atoms with van der Waals surface area (Å²) in [5.41, 5.74) is 0.332. The van der Waals surface area contributed by atoms with E-state index in [1.165, 1.54) is 6.07 Å². The number of halogens is 3. The van der Waals surface area contributed by atoms with Crippen LogP contribution < -0.4 is 5.32 Å². The van der Waals surface area contributed by atoms with E-state index in [-0.39, 0.29) is 11.4 Å². The first-order valence-corrected chi connectivity index (χ1v) is 5.34. The van der Waals surface area contributed by atoms with Crippen LogP contribution in [0.15, 0.2) is 18.2 Å². The summed E-state index contributed by atoms with van der Waals surface area (Å²) in [6.07, 6.45) is -0.247. The van der Waals surface area contributed by atoms with Crippen LogP contribution in [0, 0.1) is 5.82 Å². The van der Waals surface area contributed by atoms with Crippen molar-refractivity contribution in [2.45, 2.75) is 12.5 Å². The Kier molecular flexibility index (Phi) is 5.03. The Hall–Kier alpha value is -1.69. The number of hydrogen-bond donors (Lipinski definition) is 2. The Balaban J connectivity index is 2.67. The lowest BCUT2D eigenvalue weighted by molar-refractivity contribution is -0.142. The second-order valence-electron chi connectivity index (χ2n) is 3.53. The van der Waals surface area contributed by atoms with Gasteiger partial charge in [0.2, 0.25) is 5.91 Å². The minimum Gasteiger partial charge on any atom is -0.480 e. The summed E-state index contributed by atoms with van der Waals surface area (Å²) in [5, 5.41) is 10.6. The summed E-state index contributed by atoms with van der Waals surface area (Å²) in [5.74, 6) is -2.71. The van der Waals surface area contributed by atoms with Crippen LogP contribution in [0.4, 0.5) is 8.78 Å². The zero-order valence-electron chi connectivity index (χ0n) is 9.12. The van der Waals surface area contributed by atoms with Crippen molar-refractivity contribution in [1.82, 2.24) is 5.32 Å². The molecule has 1 aromatic rings. The fourth-order valence-electron chi connectivity index (χ4n) is 1.25. The van der Waals surface area contributed by atoms with E-state index in [1.807, 2.05) is 5.32 Å². The second kappa shape index (κ2) is 6.30. The Bertz CT molecular complexity index is 468. The third kappa shape index (κ3) is 3.96. The van der Waals surface area contributed by atoms with Crippen molar-refractivity contribution >= 4 is 23.5 Å². The van der Waals surface area contributed by atoms with Crippen molar-refractivity contribution < 1.29 is 23.5 Å². The Labute approximate surface area is 107 Å². The number of carbonyl (C=O) groups excluding carboxylic acids is 1. The summed E-state index contributed by atoms with van der Waals surface area (Å²) >= 11 is 5.70. The largest absolute Gasteiger partial charge is 0.480 e. The van der Waals surface area contributed by atoms with Gasteiger partial charge in [0.05, 0.1) is 6.42 Å². The molecular formula is C11H10ClF2NO3. The van der Waals surface area contributed by atoms with E-state index in [0.717, 1.165) is 12.1 Å². The van der Waals surface area contributed by atoms with Gasteiger partial charge in [-0.1, -0.05) is 17.7 Å². The lowest BCUT2D eigenvalue weighted by Crippen LogP contribution is -2.43. The summed E-state index contributed by atoms with van der Waals surface area (Å²) in [6.45, 7) is -1.21. The molecule has 0 aliphatic carbocycles. The van der Waals surface area contributed by atoms with Gasteiger partial charge in [0.15, 0.2) is 6.04 Å². The molecule has 1 rings (SSSR count). The maximum absolute atomic E-state index is 12.7. The highest BCUT2D eigenvalue weighted by Gasteiger charge is 2.20. The van der Waals surface area contributed by atoms with Crippen LogP contribution in [0.2, 0.25) is 5.02 Å². The number of amides is 1. The molecule has 0 bridgehead atoms. The van der Waals surface area contributed by atoms with E-state index in [9.17, 15) is 18.4 Å². The molecule has 1 amide bonds. The number of aliphatic carboxylic acids is 1. The number of rotatable bonds is 5. The van der Waals surface area contributed by atoms with Gasteiger partial charge < -0.3 is 10.4 Å². The van der Waals surface area contributed by atoms with E-state index in [0.29, 0.717) is 5.56 Å². The lowest BCUT2D eigenvalue weighted by Gasteiger charge is -2.11. The Morgan fingerprint density at radius 2 is 2.11 bits per heavy atom. The smallest absolute Gasteiger partial charge is 0.328 e. The first-order valence-electron chi connectivity index (χ1n) is 4.96. The van der Waals surface area contributed by atoms with E-state index < -0.39 is 30.4 Å². The first kappa shape index (κ1) is 14.4. The Morgan fingerprint density at radius 3 is 2.61 bits per heavy atom. The van der Waals surface area contributed by atoms with Gasteiger partial charge in [-0.3, -0.25) is 4.79 Å². The highest BCUT2D eigenvalue weighted by atomic mass is 35.5. The van der Waals surface area contributed by atoms with E-state index in [4.69, 9.17) is 16.7 Å². The quantitative estimate of drug-likeness (QED) is 0.858. The van der Waals surface area contributed by atoms with Crippen LogP contribution >= 0.6 is 11.6 Å². The van der Waals surface area contributed by atoms with Gasteiger partial charge in [-0.2, -0.15) is 0 Å². The molecule has 0 aliphatic rings. The average Bonchev–Trinajstić information content (AvgIpc) is 2.29. The summed E-state index contributed by atoms with van der Waals surface area (Å²) in [7, 11) is 0. The van der Waals surface area contributed by atoms with Crippen molar-refractivity contribution in [2.24, 2.45) is 0 Å². The molecule has 0 heterocycles. The molecular weight excluding hydrogens is 268 g/mol. The predicted octanol–water partition coefficient (Wildman–Crippen LogP) is 1.56. The van der Waals surface area contributed by atoms with Crippen LogP contribution in [0.1, 0.15) is 5.56 Å². The molecule has 98 valence electrons. The van der Waals surface area contributed by atoms with Crippen molar-refractivity contribution in [2.75, 3.05) is 6.67 Å². The van der Waals surface area contributed by atoms with Crippen molar-refractivity contribution in [1.29, 1.82) is 0 Å². The van der Waals surface area contributed by atoms with Crippen LogP contribution in [0.3, 0.4) is 0 Å². The molecule has 1 aromatic carbocycles. The van der Waals surface area contributed by atoms with Crippen molar-refractivity contribution in [3.05, 3.63) is 34.6 Å². The molecule has 0 fully saturated rings. The highest BCUT2D eigenvalue weighted by molar-refractivity contribution is 6.31. The number of hydrogen-bond acceptors (Lipinski definition) is 2. The van der Waals surface area contributed by atoms with Gasteiger partial charge in [0.25, 0.3) is 0 Å². The molecule has 0 spiro atoms. The SMILES string of the molecule is O=C(Cc1ccc(F)cc1Cl)NC(CF)C(=O)O. The zero-order chi connectivity index (χ0) is 13.7. The minimum atomic E-state index is -1.59. The molecule has 0 saturated heterocycles. The molecule has 4 nitrogen and oxygen atoms in total. The normalized spacial score (nSPS) is 11.9. The van der Waals surface area contributed by atoms with Crippen molar-refractivity contribution in [3.63, 3.8) is 0 Å². The third-order valence-corrected chi connectivity index (χ3v) is 2.51. The number of benzene rings is 1. The number of alkyl halides is 1. The fraction of sp³-hybridized carbons (Fsp3) is 0.273. The number of carboxylic acids is 1. The molecule has 18 heavy (non-hydrogen) atoms. The molecule has 0 radical (unpaired) electrons. The zero-order valence-corrected chi connectivity index (χ0v) is 9.88. The van der Waals surface area contributed by atoms with Crippen LogP contribution in [0.25, 0.3) is 0 Å². The van der Waals surface area contributed by atoms with E-state index in [1.54, 1.807) is 0 Å². The van der Waals surface area contributed by atoms with Gasteiger partial charge >= 0.3 is 5.97 Å². The number of carbonyl (C=O) groups is 2. The van der Waals surface area contributed by atoms with Gasteiger partial charge in [0.1, 0.15) is 12.5 Å². The number of nitrogens with one attached hydrogen (secondary N) is 1. The van der Waals surface area contributed by atoms with Crippen LogP contribution in [0.5, 0.6) is 0 Å². The molecule has 2 N–H and O–H groups in total. The second-order valence-corrected chi connectivity index (χ2v) is 3.93. The van der Waals surface area contributed by atoms with Crippen LogP contribution in [-0.4, -0.2) is 29.7 Å². The van der Waals surface area contributed by atoms with E-state index in [2.05, 4.69) is 0 Å². The number of carboxylic acid groups (broad SMARTS) is 1. The first-order chi connectivity index (χ1) is 8.43. The monoisotopic (exact) mass is 277 g/mol. The predicted molar refractivity (Wildman–Crippen MR) is 60.7 cm³/mol. The topological polar surface area (TPSA) is 66.4 Å². The standard InChI is InChI=1S/C11H10ClF2NO3/c12-8-4-7(14)2-1-6(8)3-10(16)15-9(5-13)11(17)18/h1-2,4,9H,3,5H2,(H,15,16)(H,17,18). The molecule has 1 unspecified atom stereocenters. The summed E-state index contributed by atoms with van der Waals surface area (Å²) in [4.78, 5) is 21.9. The third-order valence-electron chi connectivity index (χ3n) is 2.15. The van der Waals surface area contributed by atoms with E-state index >= 15 is 0 Å². The Morgan fingerprint density at radius 1 is 1.44 bits per heavy atom. The van der Waals surface area contributed by atoms with Gasteiger partial charge in [-0.15, -0.1) is 0 Å². The molecule has 0 aliphatic heterocycles. The summed E-state index contributed by atoms with van der Waals surface area (Å²) in [6, 6.07) is 1.88. The average molecular weight is 278 g/mol. The maximum Gasteiger partial charge on any atom is 0.328 e. The maximum atomic E-state index is 12.7. The van der Waals surface area contributed by atoms with Crippen LogP contribution in [-0.2, 0) is 16.0 Å². The van der Waals surface area contributed by atoms with Gasteiger partial charge in [-0.05, 0) is 17.7 Å². The van der Waals surface area contributed by atoms with Crippen molar-refractivity contribution in [3.8, 4) is 0 Å². The fourth-order valence-corrected chi connectivity index (χ4v) is 1.48.